The van der Waals surface area contributed by atoms with Crippen molar-refractivity contribution in [2.45, 2.75) is 52.2 Å². The van der Waals surface area contributed by atoms with Crippen molar-refractivity contribution in [2.75, 3.05) is 13.1 Å². The van der Waals surface area contributed by atoms with E-state index in [0.29, 0.717) is 12.6 Å². The molecule has 1 saturated carbocycles. The summed E-state index contributed by atoms with van der Waals surface area (Å²) in [6.45, 7) is 7.44. The summed E-state index contributed by atoms with van der Waals surface area (Å²) in [7, 11) is 0. The van der Waals surface area contributed by atoms with E-state index in [1.807, 2.05) is 15.7 Å². The average Bonchev–Trinajstić information content (AvgIpc) is 3.12. The van der Waals surface area contributed by atoms with Gasteiger partial charge in [-0.2, -0.15) is 0 Å². The second-order valence-electron chi connectivity index (χ2n) is 5.28. The molecule has 19 heavy (non-hydrogen) atoms. The fraction of sp³-hybridized carbons (Fsp3) is 0.667. The van der Waals surface area contributed by atoms with Gasteiger partial charge in [0, 0.05) is 31.5 Å². The van der Waals surface area contributed by atoms with Crippen molar-refractivity contribution in [1.29, 1.82) is 0 Å². The fourth-order valence-corrected chi connectivity index (χ4v) is 2.37. The van der Waals surface area contributed by atoms with Gasteiger partial charge in [-0.05, 0) is 44.4 Å². The molecule has 0 atom stereocenters. The zero-order chi connectivity index (χ0) is 13.7. The minimum absolute atomic E-state index is 0.244. The lowest BCUT2D eigenvalue weighted by molar-refractivity contribution is -0.132. The molecule has 1 aliphatic carbocycles. The van der Waals surface area contributed by atoms with Crippen molar-refractivity contribution in [2.24, 2.45) is 0 Å². The van der Waals surface area contributed by atoms with Gasteiger partial charge in [-0.15, -0.1) is 0 Å². The van der Waals surface area contributed by atoms with Gasteiger partial charge in [0.2, 0.25) is 5.91 Å². The number of amides is 1. The molecule has 0 radical (unpaired) electrons. The molecule has 106 valence electrons. The highest BCUT2D eigenvalue weighted by atomic mass is 16.2. The zero-order valence-corrected chi connectivity index (χ0v) is 12.1. The monoisotopic (exact) mass is 263 g/mol. The third-order valence-electron chi connectivity index (χ3n) is 3.53. The Bertz CT molecular complexity index is 409. The van der Waals surface area contributed by atoms with Crippen molar-refractivity contribution in [3.05, 3.63) is 24.0 Å². The predicted octanol–water partition coefficient (Wildman–Crippen LogP) is 2.00. The topological polar surface area (TPSA) is 37.3 Å². The second kappa shape index (κ2) is 6.75. The van der Waals surface area contributed by atoms with Gasteiger partial charge < -0.3 is 14.8 Å². The van der Waals surface area contributed by atoms with Crippen molar-refractivity contribution < 1.29 is 4.79 Å². The minimum atomic E-state index is 0.244. The van der Waals surface area contributed by atoms with Gasteiger partial charge in [0.05, 0.1) is 0 Å². The van der Waals surface area contributed by atoms with Gasteiger partial charge >= 0.3 is 0 Å². The summed E-state index contributed by atoms with van der Waals surface area (Å²) in [4.78, 5) is 14.2. The van der Waals surface area contributed by atoms with Crippen molar-refractivity contribution in [3.8, 4) is 0 Å². The number of rotatable bonds is 8. The molecule has 0 unspecified atom stereocenters. The van der Waals surface area contributed by atoms with Crippen molar-refractivity contribution in [3.63, 3.8) is 0 Å². The number of likely N-dealkylation sites (N-methyl/N-ethyl adjacent to an activating group) is 1. The van der Waals surface area contributed by atoms with Crippen LogP contribution >= 0.6 is 0 Å². The average molecular weight is 263 g/mol. The zero-order valence-electron chi connectivity index (χ0n) is 12.1. The van der Waals surface area contributed by atoms with E-state index in [2.05, 4.69) is 31.4 Å². The van der Waals surface area contributed by atoms with Crippen LogP contribution in [-0.4, -0.2) is 34.5 Å². The fourth-order valence-electron chi connectivity index (χ4n) is 2.37. The summed E-state index contributed by atoms with van der Waals surface area (Å²) in [5.74, 6) is 0.244. The van der Waals surface area contributed by atoms with E-state index in [1.165, 1.54) is 18.4 Å². The third-order valence-corrected chi connectivity index (χ3v) is 3.53. The Morgan fingerprint density at radius 1 is 1.47 bits per heavy atom. The highest BCUT2D eigenvalue weighted by molar-refractivity contribution is 5.76. The third kappa shape index (κ3) is 4.10. The second-order valence-corrected chi connectivity index (χ2v) is 5.28. The minimum Gasteiger partial charge on any atom is -0.345 e. The number of carbonyl (C=O) groups excluding carboxylic acids is 1. The molecule has 2 rings (SSSR count). The van der Waals surface area contributed by atoms with E-state index in [9.17, 15) is 4.79 Å². The first kappa shape index (κ1) is 14.1. The van der Waals surface area contributed by atoms with Crippen LogP contribution in [-0.2, 0) is 17.9 Å². The molecule has 4 heteroatoms. The van der Waals surface area contributed by atoms with Crippen LogP contribution in [0.3, 0.4) is 0 Å². The maximum absolute atomic E-state index is 12.2. The van der Waals surface area contributed by atoms with Gasteiger partial charge in [0.15, 0.2) is 0 Å². The van der Waals surface area contributed by atoms with Crippen LogP contribution in [0.4, 0.5) is 0 Å². The number of hydrogen-bond donors (Lipinski definition) is 1. The summed E-state index contributed by atoms with van der Waals surface area (Å²) in [6.07, 6.45) is 7.57. The first-order chi connectivity index (χ1) is 9.24. The summed E-state index contributed by atoms with van der Waals surface area (Å²) in [5.41, 5.74) is 1.25. The predicted molar refractivity (Wildman–Crippen MR) is 76.8 cm³/mol. The number of hydrogen-bond acceptors (Lipinski definition) is 2. The van der Waals surface area contributed by atoms with Gasteiger partial charge in [0.25, 0.3) is 0 Å². The maximum atomic E-state index is 12.2. The van der Waals surface area contributed by atoms with Crippen LogP contribution in [0, 0.1) is 0 Å². The normalized spacial score (nSPS) is 14.6. The lowest BCUT2D eigenvalue weighted by Gasteiger charge is -2.20. The van der Waals surface area contributed by atoms with Gasteiger partial charge in [-0.3, -0.25) is 4.79 Å². The molecule has 1 aliphatic rings. The van der Waals surface area contributed by atoms with Crippen LogP contribution in [0.25, 0.3) is 0 Å². The number of carbonyl (C=O) groups is 1. The molecule has 1 aromatic heterocycles. The first-order valence-electron chi connectivity index (χ1n) is 7.39. The molecule has 0 aromatic carbocycles. The molecule has 0 bridgehead atoms. The van der Waals surface area contributed by atoms with E-state index >= 15 is 0 Å². The standard InChI is InChI=1S/C15H25N3O/c1-3-8-16-10-13-7-9-17(11-13)12-15(19)18(4-2)14-5-6-14/h7,9,11,14,16H,3-6,8,10,12H2,1-2H3. The maximum Gasteiger partial charge on any atom is 0.242 e. The summed E-state index contributed by atoms with van der Waals surface area (Å²) >= 11 is 0. The summed E-state index contributed by atoms with van der Waals surface area (Å²) < 4.78 is 2.00. The van der Waals surface area contributed by atoms with E-state index in [1.54, 1.807) is 0 Å². The SMILES string of the molecule is CCCNCc1ccn(CC(=O)N(CC)C2CC2)c1. The molecular formula is C15H25N3O. The van der Waals surface area contributed by atoms with Gasteiger partial charge in [-0.25, -0.2) is 0 Å². The lowest BCUT2D eigenvalue weighted by Crippen LogP contribution is -2.35. The van der Waals surface area contributed by atoms with Crippen molar-refractivity contribution >= 4 is 5.91 Å². The van der Waals surface area contributed by atoms with Crippen molar-refractivity contribution in [1.82, 2.24) is 14.8 Å². The molecule has 1 amide bonds. The Hall–Kier alpha value is -1.29. The highest BCUT2D eigenvalue weighted by Gasteiger charge is 2.31. The first-order valence-corrected chi connectivity index (χ1v) is 7.39. The molecular weight excluding hydrogens is 238 g/mol. The highest BCUT2D eigenvalue weighted by Crippen LogP contribution is 2.26. The van der Waals surface area contributed by atoms with Gasteiger partial charge in [-0.1, -0.05) is 6.92 Å². The molecule has 1 aromatic rings. The quantitative estimate of drug-likeness (QED) is 0.728. The Kier molecular flexibility index (Phi) is 5.02. The molecule has 0 saturated heterocycles. The van der Waals surface area contributed by atoms with E-state index in [4.69, 9.17) is 0 Å². The van der Waals surface area contributed by atoms with E-state index < -0.39 is 0 Å². The Labute approximate surface area is 115 Å². The van der Waals surface area contributed by atoms with E-state index in [-0.39, 0.29) is 5.91 Å². The molecule has 0 spiro atoms. The number of nitrogens with one attached hydrogen (secondary N) is 1. The molecule has 0 aliphatic heterocycles. The van der Waals surface area contributed by atoms with Crippen LogP contribution in [0.2, 0.25) is 0 Å². The molecule has 1 N–H and O–H groups in total. The van der Waals surface area contributed by atoms with Crippen LogP contribution < -0.4 is 5.32 Å². The molecule has 4 nitrogen and oxygen atoms in total. The molecule has 1 fully saturated rings. The number of aromatic nitrogens is 1. The Balaban J connectivity index is 1.83. The smallest absolute Gasteiger partial charge is 0.242 e. The van der Waals surface area contributed by atoms with E-state index in [0.717, 1.165) is 26.1 Å². The van der Waals surface area contributed by atoms with Crippen LogP contribution in [0.15, 0.2) is 18.5 Å². The largest absolute Gasteiger partial charge is 0.345 e. The molecule has 1 heterocycles. The Morgan fingerprint density at radius 2 is 2.26 bits per heavy atom. The Morgan fingerprint density at radius 3 is 2.89 bits per heavy atom. The van der Waals surface area contributed by atoms with Crippen LogP contribution in [0.1, 0.15) is 38.7 Å². The van der Waals surface area contributed by atoms with Crippen LogP contribution in [0.5, 0.6) is 0 Å². The summed E-state index contributed by atoms with van der Waals surface area (Å²) in [6, 6.07) is 2.60. The number of nitrogens with zero attached hydrogens (tertiary/aromatic N) is 2. The van der Waals surface area contributed by atoms with Gasteiger partial charge in [0.1, 0.15) is 6.54 Å². The summed E-state index contributed by atoms with van der Waals surface area (Å²) in [5, 5.41) is 3.37. The lowest BCUT2D eigenvalue weighted by atomic mass is 10.3.